The summed E-state index contributed by atoms with van der Waals surface area (Å²) in [6.07, 6.45) is 5.24. The van der Waals surface area contributed by atoms with Crippen LogP contribution in [0.25, 0.3) is 0 Å². The van der Waals surface area contributed by atoms with Gasteiger partial charge in [-0.25, -0.2) is 8.42 Å². The van der Waals surface area contributed by atoms with Crippen LogP contribution in [0.15, 0.2) is 83.3 Å². The minimum atomic E-state index is -3.84. The van der Waals surface area contributed by atoms with Crippen LogP contribution in [0.5, 0.6) is 0 Å². The second kappa shape index (κ2) is 13.7. The van der Waals surface area contributed by atoms with E-state index in [1.54, 1.807) is 42.5 Å². The third kappa shape index (κ3) is 8.08. The first kappa shape index (κ1) is 30.1. The number of carbonyl (C=O) groups excluding carboxylic acids is 2. The Kier molecular flexibility index (Phi) is 10.3. The van der Waals surface area contributed by atoms with E-state index in [1.165, 1.54) is 4.90 Å². The maximum absolute atomic E-state index is 14.1. The fourth-order valence-corrected chi connectivity index (χ4v) is 6.69. The summed E-state index contributed by atoms with van der Waals surface area (Å²) in [5.74, 6) is -0.749. The molecule has 1 unspecified atom stereocenters. The van der Waals surface area contributed by atoms with Crippen molar-refractivity contribution in [2.45, 2.75) is 50.7 Å². The fraction of sp³-hybridized carbons (Fsp3) is 0.333. The van der Waals surface area contributed by atoms with Gasteiger partial charge in [-0.1, -0.05) is 79.0 Å². The number of nitrogens with one attached hydrogen (secondary N) is 1. The molecule has 2 amide bonds. The minimum Gasteiger partial charge on any atom is -0.352 e. The molecule has 1 aliphatic rings. The monoisotopic (exact) mass is 645 g/mol. The zero-order valence-corrected chi connectivity index (χ0v) is 25.5. The molecular formula is C30H33BrClN3O4S. The fourth-order valence-electron chi connectivity index (χ4n) is 5.00. The van der Waals surface area contributed by atoms with Crippen molar-refractivity contribution in [3.63, 3.8) is 0 Å². The number of carbonyl (C=O) groups is 2. The topological polar surface area (TPSA) is 86.8 Å². The van der Waals surface area contributed by atoms with Crippen LogP contribution in [0.2, 0.25) is 5.02 Å². The molecule has 1 saturated carbocycles. The van der Waals surface area contributed by atoms with Crippen molar-refractivity contribution < 1.29 is 18.0 Å². The Morgan fingerprint density at radius 2 is 1.62 bits per heavy atom. The third-order valence-corrected chi connectivity index (χ3v) is 9.05. The Morgan fingerprint density at radius 1 is 0.975 bits per heavy atom. The molecule has 212 valence electrons. The van der Waals surface area contributed by atoms with E-state index in [4.69, 9.17) is 11.6 Å². The number of nitrogens with zero attached hydrogens (tertiary/aromatic N) is 2. The van der Waals surface area contributed by atoms with Crippen molar-refractivity contribution in [3.05, 3.63) is 99.5 Å². The summed E-state index contributed by atoms with van der Waals surface area (Å²) in [7, 11) is -3.84. The van der Waals surface area contributed by atoms with Gasteiger partial charge in [0.1, 0.15) is 12.6 Å². The van der Waals surface area contributed by atoms with Crippen molar-refractivity contribution in [1.29, 1.82) is 0 Å². The molecular weight excluding hydrogens is 614 g/mol. The first-order chi connectivity index (χ1) is 19.1. The first-order valence-electron chi connectivity index (χ1n) is 13.2. The number of para-hydroxylation sites is 1. The van der Waals surface area contributed by atoms with Gasteiger partial charge in [0.25, 0.3) is 0 Å². The van der Waals surface area contributed by atoms with Crippen LogP contribution in [0.3, 0.4) is 0 Å². The molecule has 4 rings (SSSR count). The van der Waals surface area contributed by atoms with Crippen molar-refractivity contribution in [2.75, 3.05) is 17.1 Å². The molecule has 0 aromatic heterocycles. The quantitative estimate of drug-likeness (QED) is 0.295. The molecule has 40 heavy (non-hydrogen) atoms. The van der Waals surface area contributed by atoms with E-state index in [1.807, 2.05) is 36.4 Å². The van der Waals surface area contributed by atoms with Gasteiger partial charge >= 0.3 is 0 Å². The normalized spacial score (nSPS) is 14.5. The summed E-state index contributed by atoms with van der Waals surface area (Å²) in [5, 5.41) is 3.66. The van der Waals surface area contributed by atoms with Crippen LogP contribution >= 0.6 is 27.5 Å². The molecule has 0 bridgehead atoms. The predicted octanol–water partition coefficient (Wildman–Crippen LogP) is 5.57. The Labute approximate surface area is 249 Å². The molecule has 0 saturated heterocycles. The van der Waals surface area contributed by atoms with E-state index < -0.39 is 28.5 Å². The number of amides is 2. The van der Waals surface area contributed by atoms with Crippen LogP contribution < -0.4 is 9.62 Å². The van der Waals surface area contributed by atoms with E-state index in [2.05, 4.69) is 21.2 Å². The lowest BCUT2D eigenvalue weighted by atomic mass is 10.0. The number of anilines is 1. The maximum atomic E-state index is 14.1. The zero-order valence-electron chi connectivity index (χ0n) is 22.3. The highest BCUT2D eigenvalue weighted by molar-refractivity contribution is 9.10. The molecule has 10 heteroatoms. The highest BCUT2D eigenvalue weighted by atomic mass is 79.9. The number of halogens is 2. The van der Waals surface area contributed by atoms with E-state index in [0.717, 1.165) is 47.4 Å². The molecule has 0 spiro atoms. The summed E-state index contributed by atoms with van der Waals surface area (Å²) in [5.41, 5.74) is 1.97. The van der Waals surface area contributed by atoms with Gasteiger partial charge in [-0.15, -0.1) is 0 Å². The highest BCUT2D eigenvalue weighted by Crippen LogP contribution is 2.28. The average Bonchev–Trinajstić information content (AvgIpc) is 3.43. The summed E-state index contributed by atoms with van der Waals surface area (Å²) in [4.78, 5) is 29.5. The van der Waals surface area contributed by atoms with Gasteiger partial charge in [0.05, 0.1) is 11.9 Å². The van der Waals surface area contributed by atoms with E-state index in [-0.39, 0.29) is 24.9 Å². The minimum absolute atomic E-state index is 0.0571. The Hall–Kier alpha value is -2.88. The second-order valence-corrected chi connectivity index (χ2v) is 13.3. The molecule has 1 atom stereocenters. The van der Waals surface area contributed by atoms with Gasteiger partial charge in [0.15, 0.2) is 0 Å². The van der Waals surface area contributed by atoms with Crippen molar-refractivity contribution >= 4 is 55.1 Å². The van der Waals surface area contributed by atoms with Crippen LogP contribution in [0.4, 0.5) is 5.69 Å². The zero-order chi connectivity index (χ0) is 28.7. The van der Waals surface area contributed by atoms with Crippen LogP contribution in [-0.4, -0.2) is 50.0 Å². The lowest BCUT2D eigenvalue weighted by Crippen LogP contribution is -2.54. The van der Waals surface area contributed by atoms with Crippen molar-refractivity contribution in [2.24, 2.45) is 0 Å². The number of benzene rings is 3. The second-order valence-electron chi connectivity index (χ2n) is 10.1. The third-order valence-electron chi connectivity index (χ3n) is 7.01. The van der Waals surface area contributed by atoms with Gasteiger partial charge in [-0.2, -0.15) is 0 Å². The maximum Gasteiger partial charge on any atom is 0.244 e. The van der Waals surface area contributed by atoms with Crippen LogP contribution in [-0.2, 0) is 32.6 Å². The summed E-state index contributed by atoms with van der Waals surface area (Å²) < 4.78 is 27.4. The Balaban J connectivity index is 1.73. The molecule has 7 nitrogen and oxygen atoms in total. The van der Waals surface area contributed by atoms with Gasteiger partial charge in [0, 0.05) is 28.5 Å². The average molecular weight is 647 g/mol. The molecule has 1 fully saturated rings. The number of hydrogen-bond acceptors (Lipinski definition) is 4. The molecule has 0 aliphatic heterocycles. The summed E-state index contributed by atoms with van der Waals surface area (Å²) >= 11 is 9.67. The van der Waals surface area contributed by atoms with Crippen LogP contribution in [0, 0.1) is 0 Å². The van der Waals surface area contributed by atoms with Crippen molar-refractivity contribution in [3.8, 4) is 0 Å². The number of sulfonamides is 1. The van der Waals surface area contributed by atoms with Gasteiger partial charge in [-0.3, -0.25) is 13.9 Å². The smallest absolute Gasteiger partial charge is 0.244 e. The highest BCUT2D eigenvalue weighted by Gasteiger charge is 2.34. The molecule has 1 N–H and O–H groups in total. The number of hydrogen-bond donors (Lipinski definition) is 1. The molecule has 3 aromatic carbocycles. The summed E-state index contributed by atoms with van der Waals surface area (Å²) in [6, 6.07) is 22.6. The first-order valence-corrected chi connectivity index (χ1v) is 16.2. The number of rotatable bonds is 11. The summed E-state index contributed by atoms with van der Waals surface area (Å²) in [6.45, 7) is -0.382. The predicted molar refractivity (Wildman–Crippen MR) is 163 cm³/mol. The Morgan fingerprint density at radius 3 is 2.27 bits per heavy atom. The molecule has 1 aliphatic carbocycles. The van der Waals surface area contributed by atoms with Gasteiger partial charge in [-0.05, 0) is 64.2 Å². The van der Waals surface area contributed by atoms with E-state index >= 15 is 0 Å². The lowest BCUT2D eigenvalue weighted by molar-refractivity contribution is -0.140. The Bertz CT molecular complexity index is 1430. The molecule has 0 heterocycles. The largest absolute Gasteiger partial charge is 0.352 e. The standard InChI is InChI=1S/C30H33BrClN3O4S/c1-40(38,39)35(27-17-8-7-16-26(27)31)21-29(36)34(20-23-12-9-13-24(32)18-23)28(19-22-10-3-2-4-11-22)30(37)33-25-14-5-6-15-25/h2-4,7-13,16-18,25,28H,5-6,14-15,19-21H2,1H3,(H,33,37). The van der Waals surface area contributed by atoms with E-state index in [9.17, 15) is 18.0 Å². The van der Waals surface area contributed by atoms with E-state index in [0.29, 0.717) is 15.2 Å². The molecule has 0 radical (unpaired) electrons. The van der Waals surface area contributed by atoms with Crippen molar-refractivity contribution in [1.82, 2.24) is 10.2 Å². The van der Waals surface area contributed by atoms with Crippen LogP contribution in [0.1, 0.15) is 36.8 Å². The van der Waals surface area contributed by atoms with Gasteiger partial charge < -0.3 is 10.2 Å². The lowest BCUT2D eigenvalue weighted by Gasteiger charge is -2.34. The van der Waals surface area contributed by atoms with Gasteiger partial charge in [0.2, 0.25) is 21.8 Å². The SMILES string of the molecule is CS(=O)(=O)N(CC(=O)N(Cc1cccc(Cl)c1)C(Cc1ccccc1)C(=O)NC1CCCC1)c1ccccc1Br. The molecule has 3 aromatic rings.